The van der Waals surface area contributed by atoms with E-state index in [1.54, 1.807) is 40.0 Å². The predicted molar refractivity (Wildman–Crippen MR) is 161 cm³/mol. The SMILES string of the molecule is C=C/C(C(=O)CC)=C(\C=C(/C)NC(=O)C1CC1)Nc1cccc(C(C)=N)c1OC.CC/C=C/NC.CCC. The van der Waals surface area contributed by atoms with Crippen LogP contribution in [-0.2, 0) is 9.59 Å². The number of ketones is 1. The number of rotatable bonds is 12. The molecule has 2 rings (SSSR count). The Hall–Kier alpha value is -3.61. The van der Waals surface area contributed by atoms with E-state index in [2.05, 4.69) is 49.4 Å². The van der Waals surface area contributed by atoms with Gasteiger partial charge in [-0.15, -0.1) is 0 Å². The molecule has 1 aromatic rings. The summed E-state index contributed by atoms with van der Waals surface area (Å²) in [5.74, 6) is 0.526. The Balaban J connectivity index is 0.00000131. The quantitative estimate of drug-likeness (QED) is 0.135. The summed E-state index contributed by atoms with van der Waals surface area (Å²) < 4.78 is 5.52. The van der Waals surface area contributed by atoms with Crippen molar-refractivity contribution >= 4 is 23.1 Å². The Kier molecular flexibility index (Phi) is 17.6. The second-order valence-electron chi connectivity index (χ2n) is 8.84. The van der Waals surface area contributed by atoms with Gasteiger partial charge < -0.3 is 26.1 Å². The van der Waals surface area contributed by atoms with Gasteiger partial charge in [0.2, 0.25) is 5.91 Å². The lowest BCUT2D eigenvalue weighted by atomic mass is 10.0. The van der Waals surface area contributed by atoms with Crippen molar-refractivity contribution in [2.75, 3.05) is 19.5 Å². The summed E-state index contributed by atoms with van der Waals surface area (Å²) in [7, 11) is 3.44. The molecular weight excluding hydrogens is 476 g/mol. The first kappa shape index (κ1) is 34.4. The van der Waals surface area contributed by atoms with Crippen molar-refractivity contribution in [3.05, 3.63) is 71.7 Å². The van der Waals surface area contributed by atoms with Crippen molar-refractivity contribution in [1.82, 2.24) is 10.6 Å². The molecule has 1 fully saturated rings. The minimum Gasteiger partial charge on any atom is -0.494 e. The molecule has 1 amide bonds. The third-order valence-corrected chi connectivity index (χ3v) is 5.16. The van der Waals surface area contributed by atoms with E-state index in [4.69, 9.17) is 10.1 Å². The van der Waals surface area contributed by atoms with Gasteiger partial charge in [-0.3, -0.25) is 9.59 Å². The van der Waals surface area contributed by atoms with Crippen LogP contribution >= 0.6 is 0 Å². The summed E-state index contributed by atoms with van der Waals surface area (Å²) in [6, 6.07) is 5.43. The maximum absolute atomic E-state index is 12.5. The van der Waals surface area contributed by atoms with Crippen molar-refractivity contribution < 1.29 is 14.3 Å². The second-order valence-corrected chi connectivity index (χ2v) is 8.84. The molecule has 0 aliphatic heterocycles. The number of carbonyl (C=O) groups is 2. The van der Waals surface area contributed by atoms with Gasteiger partial charge in [-0.05, 0) is 57.5 Å². The highest BCUT2D eigenvalue weighted by atomic mass is 16.5. The van der Waals surface area contributed by atoms with Gasteiger partial charge in [0.05, 0.1) is 18.5 Å². The van der Waals surface area contributed by atoms with E-state index in [0.29, 0.717) is 46.1 Å². The van der Waals surface area contributed by atoms with Gasteiger partial charge in [-0.25, -0.2) is 0 Å². The highest BCUT2D eigenvalue weighted by Gasteiger charge is 2.29. The molecule has 0 bridgehead atoms. The predicted octanol–water partition coefficient (Wildman–Crippen LogP) is 6.89. The van der Waals surface area contributed by atoms with Gasteiger partial charge in [0, 0.05) is 41.9 Å². The molecule has 7 heteroatoms. The number of hydrogen-bond acceptors (Lipinski definition) is 6. The summed E-state index contributed by atoms with van der Waals surface area (Å²) in [5.41, 5.74) is 3.21. The van der Waals surface area contributed by atoms with E-state index in [1.165, 1.54) is 12.5 Å². The van der Waals surface area contributed by atoms with Gasteiger partial charge >= 0.3 is 0 Å². The van der Waals surface area contributed by atoms with Crippen LogP contribution in [0.15, 0.2) is 66.2 Å². The first-order chi connectivity index (χ1) is 18.1. The van der Waals surface area contributed by atoms with Gasteiger partial charge in [-0.2, -0.15) is 0 Å². The lowest BCUT2D eigenvalue weighted by Gasteiger charge is -2.17. The molecule has 0 aromatic heterocycles. The normalized spacial score (nSPS) is 13.1. The fourth-order valence-electron chi connectivity index (χ4n) is 3.17. The minimum absolute atomic E-state index is 0.000852. The molecule has 1 aliphatic rings. The third kappa shape index (κ3) is 12.6. The van der Waals surface area contributed by atoms with Crippen LogP contribution in [0.5, 0.6) is 5.75 Å². The zero-order valence-corrected chi connectivity index (χ0v) is 24.6. The summed E-state index contributed by atoms with van der Waals surface area (Å²) in [5, 5.41) is 17.0. The van der Waals surface area contributed by atoms with E-state index >= 15 is 0 Å². The summed E-state index contributed by atoms with van der Waals surface area (Å²) in [6.45, 7) is 15.4. The molecule has 0 heterocycles. The fraction of sp³-hybridized carbons (Fsp3) is 0.452. The highest BCUT2D eigenvalue weighted by Crippen LogP contribution is 2.32. The van der Waals surface area contributed by atoms with E-state index in [0.717, 1.165) is 19.3 Å². The molecule has 0 atom stereocenters. The first-order valence-corrected chi connectivity index (χ1v) is 13.4. The van der Waals surface area contributed by atoms with Crippen LogP contribution in [0, 0.1) is 11.3 Å². The Labute approximate surface area is 230 Å². The molecular formula is C31H48N4O3. The van der Waals surface area contributed by atoms with Gasteiger partial charge in [0.15, 0.2) is 11.5 Å². The topological polar surface area (TPSA) is 103 Å². The highest BCUT2D eigenvalue weighted by molar-refractivity contribution is 6.02. The number of allylic oxidation sites excluding steroid dienone is 5. The first-order valence-electron chi connectivity index (χ1n) is 13.4. The Morgan fingerprint density at radius 2 is 1.79 bits per heavy atom. The smallest absolute Gasteiger partial charge is 0.227 e. The van der Waals surface area contributed by atoms with Crippen molar-refractivity contribution in [2.45, 2.75) is 73.6 Å². The zero-order valence-electron chi connectivity index (χ0n) is 24.6. The second kappa shape index (κ2) is 19.5. The Morgan fingerprint density at radius 3 is 2.21 bits per heavy atom. The minimum atomic E-state index is -0.0709. The van der Waals surface area contributed by atoms with Crippen LogP contribution in [0.3, 0.4) is 0 Å². The molecule has 0 unspecified atom stereocenters. The molecule has 7 nitrogen and oxygen atoms in total. The number of para-hydroxylation sites is 1. The number of hydrogen-bond donors (Lipinski definition) is 4. The molecule has 4 N–H and O–H groups in total. The summed E-state index contributed by atoms with van der Waals surface area (Å²) >= 11 is 0. The van der Waals surface area contributed by atoms with Gasteiger partial charge in [-0.1, -0.05) is 58.9 Å². The van der Waals surface area contributed by atoms with E-state index in [1.807, 2.05) is 25.4 Å². The number of amides is 1. The molecule has 210 valence electrons. The van der Waals surface area contributed by atoms with Crippen LogP contribution < -0.4 is 20.7 Å². The van der Waals surface area contributed by atoms with E-state index < -0.39 is 0 Å². The maximum Gasteiger partial charge on any atom is 0.227 e. The average molecular weight is 525 g/mol. The molecule has 1 aliphatic carbocycles. The summed E-state index contributed by atoms with van der Waals surface area (Å²) in [4.78, 5) is 24.6. The van der Waals surface area contributed by atoms with Crippen LogP contribution in [0.2, 0.25) is 0 Å². The molecule has 1 aromatic carbocycles. The largest absolute Gasteiger partial charge is 0.494 e. The Bertz CT molecular complexity index is 1010. The number of Topliss-reactive ketones (excluding diaryl/α,β-unsaturated/α-hetero) is 1. The van der Waals surface area contributed by atoms with E-state index in [9.17, 15) is 9.59 Å². The molecule has 0 radical (unpaired) electrons. The van der Waals surface area contributed by atoms with Crippen molar-refractivity contribution in [2.24, 2.45) is 5.92 Å². The van der Waals surface area contributed by atoms with Gasteiger partial charge in [0.1, 0.15) is 0 Å². The number of carbonyl (C=O) groups excluding carboxylic acids is 2. The average Bonchev–Trinajstić information content (AvgIpc) is 3.74. The standard InChI is InChI=1S/C23H29N3O3.C5H11N.C3H8/c1-6-17(21(27)7-2)20(13-14(3)25-23(28)16-11-12-16)26-19-10-8-9-18(15(4)24)22(19)29-5;1-3-4-5-6-2;1-3-2/h6,8-10,13,16,24,26H,1,7,11-12H2,2-5H3,(H,25,28);4-6H,3H2,1-2H3;3H2,1-2H3/b14-13+,20-17-,24-15?;5-4+;. The monoisotopic (exact) mass is 524 g/mol. The molecule has 1 saturated carbocycles. The lowest BCUT2D eigenvalue weighted by Crippen LogP contribution is -2.23. The fourth-order valence-corrected chi connectivity index (χ4v) is 3.17. The van der Waals surface area contributed by atoms with Crippen molar-refractivity contribution in [3.63, 3.8) is 0 Å². The number of anilines is 1. The molecule has 38 heavy (non-hydrogen) atoms. The third-order valence-electron chi connectivity index (χ3n) is 5.16. The number of benzene rings is 1. The van der Waals surface area contributed by atoms with Crippen molar-refractivity contribution in [3.8, 4) is 5.75 Å². The number of ether oxygens (including phenoxy) is 1. The van der Waals surface area contributed by atoms with Crippen LogP contribution in [0.25, 0.3) is 0 Å². The lowest BCUT2D eigenvalue weighted by molar-refractivity contribution is -0.121. The van der Waals surface area contributed by atoms with Crippen molar-refractivity contribution in [1.29, 1.82) is 5.41 Å². The van der Waals surface area contributed by atoms with Crippen LogP contribution in [0.4, 0.5) is 5.69 Å². The molecule has 0 spiro atoms. The van der Waals surface area contributed by atoms with Gasteiger partial charge in [0.25, 0.3) is 0 Å². The van der Waals surface area contributed by atoms with E-state index in [-0.39, 0.29) is 17.6 Å². The summed E-state index contributed by atoms with van der Waals surface area (Å²) in [6.07, 6.45) is 11.8. The number of nitrogens with one attached hydrogen (secondary N) is 4. The number of methoxy groups -OCH3 is 1. The zero-order chi connectivity index (χ0) is 29.1. The van der Waals surface area contributed by atoms with Crippen LogP contribution in [0.1, 0.15) is 79.2 Å². The Morgan fingerprint density at radius 1 is 1.16 bits per heavy atom. The maximum atomic E-state index is 12.5. The van der Waals surface area contributed by atoms with Crippen LogP contribution in [-0.4, -0.2) is 31.6 Å². The molecule has 0 saturated heterocycles.